The van der Waals surface area contributed by atoms with E-state index in [1.54, 1.807) is 30.1 Å². The number of aryl methyl sites for hydroxylation is 1. The number of halogens is 1. The first-order valence-corrected chi connectivity index (χ1v) is 6.35. The molecule has 1 aromatic carbocycles. The van der Waals surface area contributed by atoms with Crippen molar-refractivity contribution in [2.75, 3.05) is 10.6 Å². The quantitative estimate of drug-likeness (QED) is 0.801. The molecule has 104 valence electrons. The fourth-order valence-electron chi connectivity index (χ4n) is 1.55. The zero-order chi connectivity index (χ0) is 14.7. The highest BCUT2D eigenvalue weighted by Gasteiger charge is 2.09. The fraction of sp³-hybridized carbons (Fsp3) is 0.0833. The number of nitrogens with one attached hydrogen (secondary N) is 2. The standard InChI is InChI=1S/C12H11BrN4O3/c1-17-3-2-10(16-17)15-12(20)14-9-5-7(11(18)19)4-8(13)6-9/h2-6H,1H3,(H,18,19)(H2,14,15,16,20). The number of nitrogens with zero attached hydrogens (tertiary/aromatic N) is 2. The molecule has 2 aromatic rings. The van der Waals surface area contributed by atoms with Gasteiger partial charge in [0.25, 0.3) is 0 Å². The smallest absolute Gasteiger partial charge is 0.335 e. The van der Waals surface area contributed by atoms with Gasteiger partial charge in [-0.1, -0.05) is 15.9 Å². The van der Waals surface area contributed by atoms with E-state index in [1.165, 1.54) is 12.1 Å². The summed E-state index contributed by atoms with van der Waals surface area (Å²) in [4.78, 5) is 22.7. The number of carbonyl (C=O) groups excluding carboxylic acids is 1. The van der Waals surface area contributed by atoms with Gasteiger partial charge < -0.3 is 10.4 Å². The van der Waals surface area contributed by atoms with Crippen LogP contribution >= 0.6 is 15.9 Å². The van der Waals surface area contributed by atoms with Crippen molar-refractivity contribution in [1.29, 1.82) is 0 Å². The van der Waals surface area contributed by atoms with Gasteiger partial charge in [0.1, 0.15) is 0 Å². The van der Waals surface area contributed by atoms with E-state index in [2.05, 4.69) is 31.7 Å². The summed E-state index contributed by atoms with van der Waals surface area (Å²) < 4.78 is 2.11. The number of hydrogen-bond acceptors (Lipinski definition) is 3. The Kier molecular flexibility index (Phi) is 4.04. The Balaban J connectivity index is 2.09. The van der Waals surface area contributed by atoms with Crippen LogP contribution in [0.5, 0.6) is 0 Å². The van der Waals surface area contributed by atoms with E-state index in [0.717, 1.165) is 0 Å². The molecule has 0 saturated carbocycles. The lowest BCUT2D eigenvalue weighted by Gasteiger charge is -2.07. The second kappa shape index (κ2) is 5.74. The summed E-state index contributed by atoms with van der Waals surface area (Å²) in [5.74, 6) is -0.669. The summed E-state index contributed by atoms with van der Waals surface area (Å²) in [5, 5.41) is 18.0. The van der Waals surface area contributed by atoms with Gasteiger partial charge in [-0.3, -0.25) is 10.00 Å². The van der Waals surface area contributed by atoms with Crippen LogP contribution in [0.1, 0.15) is 10.4 Å². The molecule has 20 heavy (non-hydrogen) atoms. The van der Waals surface area contributed by atoms with Gasteiger partial charge in [0, 0.05) is 29.5 Å². The van der Waals surface area contributed by atoms with E-state index in [0.29, 0.717) is 16.0 Å². The Labute approximate surface area is 122 Å². The van der Waals surface area contributed by atoms with Crippen molar-refractivity contribution in [3.05, 3.63) is 40.5 Å². The molecule has 0 aliphatic rings. The SMILES string of the molecule is Cn1ccc(NC(=O)Nc2cc(Br)cc(C(=O)O)c2)n1. The summed E-state index contributed by atoms with van der Waals surface area (Å²) >= 11 is 3.19. The molecule has 0 radical (unpaired) electrons. The van der Waals surface area contributed by atoms with Crippen molar-refractivity contribution < 1.29 is 14.7 Å². The number of aromatic carboxylic acids is 1. The Morgan fingerprint density at radius 2 is 2.05 bits per heavy atom. The maximum absolute atomic E-state index is 11.7. The highest BCUT2D eigenvalue weighted by Crippen LogP contribution is 2.20. The van der Waals surface area contributed by atoms with Crippen LogP contribution in [0.2, 0.25) is 0 Å². The van der Waals surface area contributed by atoms with Crippen molar-refractivity contribution in [1.82, 2.24) is 9.78 Å². The van der Waals surface area contributed by atoms with E-state index in [-0.39, 0.29) is 5.56 Å². The molecule has 0 fully saturated rings. The average Bonchev–Trinajstić information content (AvgIpc) is 2.73. The van der Waals surface area contributed by atoms with Gasteiger partial charge in [-0.25, -0.2) is 9.59 Å². The molecule has 1 heterocycles. The molecule has 1 aromatic heterocycles. The van der Waals surface area contributed by atoms with Crippen molar-refractivity contribution in [3.8, 4) is 0 Å². The summed E-state index contributed by atoms with van der Waals surface area (Å²) in [6.45, 7) is 0. The number of urea groups is 1. The fourth-order valence-corrected chi connectivity index (χ4v) is 2.04. The van der Waals surface area contributed by atoms with Crippen LogP contribution in [0, 0.1) is 0 Å². The summed E-state index contributed by atoms with van der Waals surface area (Å²) in [6, 6.07) is 5.56. The Bertz CT molecular complexity index is 668. The number of amides is 2. The third-order valence-corrected chi connectivity index (χ3v) is 2.82. The maximum atomic E-state index is 11.7. The first-order valence-electron chi connectivity index (χ1n) is 5.55. The molecule has 0 unspecified atom stereocenters. The van der Waals surface area contributed by atoms with Gasteiger partial charge in [0.2, 0.25) is 0 Å². The predicted molar refractivity (Wildman–Crippen MR) is 77.0 cm³/mol. The molecule has 2 rings (SSSR count). The van der Waals surface area contributed by atoms with Gasteiger partial charge in [0.15, 0.2) is 5.82 Å². The number of anilines is 2. The molecular formula is C12H11BrN4O3. The van der Waals surface area contributed by atoms with Crippen LogP contribution in [0.3, 0.4) is 0 Å². The van der Waals surface area contributed by atoms with E-state index >= 15 is 0 Å². The lowest BCUT2D eigenvalue weighted by Crippen LogP contribution is -2.20. The number of carboxylic acid groups (broad SMARTS) is 1. The lowest BCUT2D eigenvalue weighted by atomic mass is 10.2. The van der Waals surface area contributed by atoms with E-state index in [9.17, 15) is 9.59 Å². The van der Waals surface area contributed by atoms with E-state index in [4.69, 9.17) is 5.11 Å². The van der Waals surface area contributed by atoms with Crippen molar-refractivity contribution >= 4 is 39.4 Å². The highest BCUT2D eigenvalue weighted by molar-refractivity contribution is 9.10. The molecule has 0 aliphatic carbocycles. The number of rotatable bonds is 3. The van der Waals surface area contributed by atoms with Crippen LogP contribution in [-0.2, 0) is 7.05 Å². The highest BCUT2D eigenvalue weighted by atomic mass is 79.9. The molecule has 0 bridgehead atoms. The average molecular weight is 339 g/mol. The third kappa shape index (κ3) is 3.58. The Hall–Kier alpha value is -2.35. The van der Waals surface area contributed by atoms with Crippen LogP contribution in [0.25, 0.3) is 0 Å². The zero-order valence-corrected chi connectivity index (χ0v) is 12.0. The Morgan fingerprint density at radius 3 is 2.65 bits per heavy atom. The largest absolute Gasteiger partial charge is 0.478 e. The lowest BCUT2D eigenvalue weighted by molar-refractivity contribution is 0.0697. The van der Waals surface area contributed by atoms with Crippen LogP contribution < -0.4 is 10.6 Å². The monoisotopic (exact) mass is 338 g/mol. The summed E-state index contributed by atoms with van der Waals surface area (Å²) in [7, 11) is 1.73. The predicted octanol–water partition coefficient (Wildman–Crippen LogP) is 2.52. The van der Waals surface area contributed by atoms with Gasteiger partial charge in [-0.2, -0.15) is 5.10 Å². The van der Waals surface area contributed by atoms with Gasteiger partial charge >= 0.3 is 12.0 Å². The second-order valence-electron chi connectivity index (χ2n) is 3.99. The maximum Gasteiger partial charge on any atom is 0.335 e. The van der Waals surface area contributed by atoms with Gasteiger partial charge in [-0.05, 0) is 18.2 Å². The number of carboxylic acids is 1. The second-order valence-corrected chi connectivity index (χ2v) is 4.90. The molecule has 7 nitrogen and oxygen atoms in total. The van der Waals surface area contributed by atoms with Crippen molar-refractivity contribution in [3.63, 3.8) is 0 Å². The molecule has 0 aliphatic heterocycles. The normalized spacial score (nSPS) is 10.1. The third-order valence-electron chi connectivity index (χ3n) is 2.36. The molecule has 0 spiro atoms. The van der Waals surface area contributed by atoms with Crippen molar-refractivity contribution in [2.45, 2.75) is 0 Å². The molecule has 8 heteroatoms. The molecule has 0 saturated heterocycles. The topological polar surface area (TPSA) is 96.2 Å². The summed E-state index contributed by atoms with van der Waals surface area (Å²) in [5.41, 5.74) is 0.442. The number of benzene rings is 1. The minimum atomic E-state index is -1.07. The van der Waals surface area contributed by atoms with E-state index in [1.807, 2.05) is 0 Å². The zero-order valence-electron chi connectivity index (χ0n) is 10.4. The first-order chi connectivity index (χ1) is 9.44. The number of hydrogen-bond donors (Lipinski definition) is 3. The molecule has 3 N–H and O–H groups in total. The molecule has 0 atom stereocenters. The summed E-state index contributed by atoms with van der Waals surface area (Å²) in [6.07, 6.45) is 1.69. The minimum absolute atomic E-state index is 0.0764. The van der Waals surface area contributed by atoms with Crippen LogP contribution in [0.15, 0.2) is 34.9 Å². The van der Waals surface area contributed by atoms with Crippen molar-refractivity contribution in [2.24, 2.45) is 7.05 Å². The number of aromatic nitrogens is 2. The van der Waals surface area contributed by atoms with Gasteiger partial charge in [0.05, 0.1) is 5.56 Å². The number of carbonyl (C=O) groups is 2. The minimum Gasteiger partial charge on any atom is -0.478 e. The molecule has 2 amide bonds. The van der Waals surface area contributed by atoms with Crippen LogP contribution in [0.4, 0.5) is 16.3 Å². The van der Waals surface area contributed by atoms with Crippen LogP contribution in [-0.4, -0.2) is 26.9 Å². The molecular weight excluding hydrogens is 328 g/mol. The Morgan fingerprint density at radius 1 is 1.30 bits per heavy atom. The van der Waals surface area contributed by atoms with Gasteiger partial charge in [-0.15, -0.1) is 0 Å². The first kappa shape index (κ1) is 14.1. The van der Waals surface area contributed by atoms with E-state index < -0.39 is 12.0 Å².